The highest BCUT2D eigenvalue weighted by Gasteiger charge is 2.57. The van der Waals surface area contributed by atoms with Crippen LogP contribution >= 0.6 is 11.3 Å². The fourth-order valence-corrected chi connectivity index (χ4v) is 5.41. The molecule has 5 rings (SSSR count). The van der Waals surface area contributed by atoms with E-state index in [1.54, 1.807) is 11.3 Å². The second-order valence-corrected chi connectivity index (χ2v) is 8.38. The number of alkyl halides is 2. The molecule has 0 N–H and O–H groups in total. The van der Waals surface area contributed by atoms with Crippen molar-refractivity contribution in [2.45, 2.75) is 69.7 Å². The molecule has 0 radical (unpaired) electrons. The molecule has 3 heterocycles. The Kier molecular flexibility index (Phi) is 4.69. The Balaban J connectivity index is 1.40. The van der Waals surface area contributed by atoms with Crippen molar-refractivity contribution in [3.8, 4) is 0 Å². The second kappa shape index (κ2) is 6.85. The quantitative estimate of drug-likeness (QED) is 0.747. The molecule has 1 unspecified atom stereocenters. The van der Waals surface area contributed by atoms with Gasteiger partial charge in [-0.15, -0.1) is 11.3 Å². The minimum Gasteiger partial charge on any atom is -0.336 e. The van der Waals surface area contributed by atoms with Gasteiger partial charge in [-0.05, 0) is 37.8 Å². The third-order valence-electron chi connectivity index (χ3n) is 5.60. The molecule has 1 aromatic carbocycles. The predicted octanol–water partition coefficient (Wildman–Crippen LogP) is 4.38. The number of para-hydroxylation sites is 1. The van der Waals surface area contributed by atoms with Crippen LogP contribution in [0.2, 0.25) is 0 Å². The number of hydrogen-bond donors (Lipinski definition) is 0. The molecule has 1 aromatic heterocycles. The number of benzene rings is 1. The van der Waals surface area contributed by atoms with Gasteiger partial charge in [0.2, 0.25) is 5.91 Å². The standard InChI is InChI=1S/C19H22F2N2O2S/c1-2-12-9-19(25-18(20)21)10-13(11-19)23(12)17(24)8-7-16-22-14-5-3-4-6-15(14)26-16/h3-6,12-13,18H,2,7-11H2,1H3. The normalized spacial score (nSPS) is 27.8. The summed E-state index contributed by atoms with van der Waals surface area (Å²) in [5, 5.41) is 0.966. The van der Waals surface area contributed by atoms with Gasteiger partial charge < -0.3 is 9.64 Å². The van der Waals surface area contributed by atoms with Crippen LogP contribution in [0.1, 0.15) is 44.0 Å². The van der Waals surface area contributed by atoms with Gasteiger partial charge in [0.25, 0.3) is 0 Å². The number of nitrogens with zero attached hydrogens (tertiary/aromatic N) is 2. The number of ether oxygens (including phenoxy) is 1. The van der Waals surface area contributed by atoms with Gasteiger partial charge in [0.15, 0.2) is 0 Å². The third kappa shape index (κ3) is 3.22. The first-order valence-electron chi connectivity index (χ1n) is 9.11. The Hall–Kier alpha value is -1.60. The number of piperidine rings is 2. The van der Waals surface area contributed by atoms with Gasteiger partial charge in [-0.3, -0.25) is 4.79 Å². The molecule has 2 aliphatic heterocycles. The number of rotatable bonds is 6. The summed E-state index contributed by atoms with van der Waals surface area (Å²) >= 11 is 1.62. The lowest BCUT2D eigenvalue weighted by Gasteiger charge is -2.60. The minimum absolute atomic E-state index is 0.0101. The van der Waals surface area contributed by atoms with Crippen molar-refractivity contribution in [1.29, 1.82) is 0 Å². The van der Waals surface area contributed by atoms with Gasteiger partial charge in [-0.2, -0.15) is 8.78 Å². The fraction of sp³-hybridized carbons (Fsp3) is 0.579. The van der Waals surface area contributed by atoms with Crippen molar-refractivity contribution in [3.05, 3.63) is 29.3 Å². The van der Waals surface area contributed by atoms with E-state index in [9.17, 15) is 13.6 Å². The van der Waals surface area contributed by atoms with Crippen LogP contribution < -0.4 is 0 Å². The Morgan fingerprint density at radius 3 is 2.85 bits per heavy atom. The maximum Gasteiger partial charge on any atom is 0.345 e. The summed E-state index contributed by atoms with van der Waals surface area (Å²) in [6.45, 7) is -0.742. The largest absolute Gasteiger partial charge is 0.345 e. The van der Waals surface area contributed by atoms with Crippen molar-refractivity contribution >= 4 is 27.5 Å². The van der Waals surface area contributed by atoms with Crippen LogP contribution in [-0.4, -0.2) is 40.1 Å². The SMILES string of the molecule is CCC1CC2(OC(F)F)CC(C2)N1C(=O)CCc1nc2ccccc2s1. The van der Waals surface area contributed by atoms with E-state index in [0.717, 1.165) is 21.6 Å². The summed E-state index contributed by atoms with van der Waals surface area (Å²) in [5.41, 5.74) is 0.251. The van der Waals surface area contributed by atoms with Crippen molar-refractivity contribution < 1.29 is 18.3 Å². The van der Waals surface area contributed by atoms with Crippen molar-refractivity contribution in [1.82, 2.24) is 9.88 Å². The molecular formula is C19H22F2N2O2S. The lowest BCUT2D eigenvalue weighted by atomic mass is 9.66. The molecule has 2 aromatic rings. The summed E-state index contributed by atoms with van der Waals surface area (Å²) in [6, 6.07) is 7.98. The number of aromatic nitrogens is 1. The number of thiazole rings is 1. The van der Waals surface area contributed by atoms with E-state index in [1.807, 2.05) is 36.1 Å². The van der Waals surface area contributed by atoms with E-state index in [2.05, 4.69) is 4.98 Å². The zero-order chi connectivity index (χ0) is 18.3. The van der Waals surface area contributed by atoms with E-state index in [-0.39, 0.29) is 18.0 Å². The smallest absolute Gasteiger partial charge is 0.336 e. The first-order valence-corrected chi connectivity index (χ1v) is 9.93. The van der Waals surface area contributed by atoms with Crippen molar-refractivity contribution in [2.75, 3.05) is 0 Å². The van der Waals surface area contributed by atoms with Crippen LogP contribution in [-0.2, 0) is 16.0 Å². The average Bonchev–Trinajstić information content (AvgIpc) is 3.00. The zero-order valence-corrected chi connectivity index (χ0v) is 15.5. The summed E-state index contributed by atoms with van der Waals surface area (Å²) in [5.74, 6) is 0.103. The van der Waals surface area contributed by atoms with Gasteiger partial charge in [0.05, 0.1) is 20.8 Å². The molecule has 3 aliphatic rings. The van der Waals surface area contributed by atoms with E-state index in [0.29, 0.717) is 32.1 Å². The van der Waals surface area contributed by atoms with Crippen LogP contribution in [0.5, 0.6) is 0 Å². The molecule has 3 fully saturated rings. The summed E-state index contributed by atoms with van der Waals surface area (Å²) in [4.78, 5) is 19.4. The van der Waals surface area contributed by atoms with Crippen molar-refractivity contribution in [2.24, 2.45) is 0 Å². The molecule has 1 amide bonds. The maximum atomic E-state index is 12.8. The molecule has 2 saturated heterocycles. The highest BCUT2D eigenvalue weighted by Crippen LogP contribution is 2.50. The summed E-state index contributed by atoms with van der Waals surface area (Å²) in [6.07, 6.45) is 3.36. The van der Waals surface area contributed by atoms with Crippen molar-refractivity contribution in [3.63, 3.8) is 0 Å². The molecule has 4 nitrogen and oxygen atoms in total. The van der Waals surface area contributed by atoms with E-state index < -0.39 is 12.2 Å². The minimum atomic E-state index is -2.74. The molecule has 1 saturated carbocycles. The van der Waals surface area contributed by atoms with Crippen LogP contribution in [0.3, 0.4) is 0 Å². The predicted molar refractivity (Wildman–Crippen MR) is 96.3 cm³/mol. The molecule has 140 valence electrons. The number of carbonyl (C=O) groups excluding carboxylic acids is 1. The molecule has 1 atom stereocenters. The molecule has 2 bridgehead atoms. The first-order chi connectivity index (χ1) is 12.5. The molecule has 0 spiro atoms. The highest BCUT2D eigenvalue weighted by atomic mass is 32.1. The maximum absolute atomic E-state index is 12.8. The van der Waals surface area contributed by atoms with Crippen LogP contribution in [0, 0.1) is 0 Å². The van der Waals surface area contributed by atoms with E-state index >= 15 is 0 Å². The number of fused-ring (bicyclic) bond motifs is 3. The fourth-order valence-electron chi connectivity index (χ4n) is 4.44. The molecular weight excluding hydrogens is 358 g/mol. The monoisotopic (exact) mass is 380 g/mol. The summed E-state index contributed by atoms with van der Waals surface area (Å²) < 4.78 is 31.3. The van der Waals surface area contributed by atoms with Gasteiger partial charge in [0, 0.05) is 24.9 Å². The molecule has 7 heteroatoms. The van der Waals surface area contributed by atoms with Gasteiger partial charge in [-0.1, -0.05) is 19.1 Å². The number of amides is 1. The van der Waals surface area contributed by atoms with Crippen LogP contribution in [0.25, 0.3) is 10.2 Å². The Morgan fingerprint density at radius 1 is 1.38 bits per heavy atom. The summed E-state index contributed by atoms with van der Waals surface area (Å²) in [7, 11) is 0. The Labute approximate surface area is 155 Å². The van der Waals surface area contributed by atoms with Gasteiger partial charge >= 0.3 is 6.61 Å². The lowest BCUT2D eigenvalue weighted by Crippen LogP contribution is -2.68. The van der Waals surface area contributed by atoms with Gasteiger partial charge in [0.1, 0.15) is 0 Å². The Morgan fingerprint density at radius 2 is 2.15 bits per heavy atom. The first kappa shape index (κ1) is 17.8. The van der Waals surface area contributed by atoms with Crippen LogP contribution in [0.15, 0.2) is 24.3 Å². The zero-order valence-electron chi connectivity index (χ0n) is 14.7. The number of carbonyl (C=O) groups is 1. The molecule has 26 heavy (non-hydrogen) atoms. The number of halogens is 2. The highest BCUT2D eigenvalue weighted by molar-refractivity contribution is 7.18. The van der Waals surface area contributed by atoms with Crippen LogP contribution in [0.4, 0.5) is 8.78 Å². The number of hydrogen-bond acceptors (Lipinski definition) is 4. The Bertz CT molecular complexity index is 771. The molecule has 1 aliphatic carbocycles. The van der Waals surface area contributed by atoms with Gasteiger partial charge in [-0.25, -0.2) is 4.98 Å². The van der Waals surface area contributed by atoms with E-state index in [4.69, 9.17) is 4.74 Å². The lowest BCUT2D eigenvalue weighted by molar-refractivity contribution is -0.273. The number of aryl methyl sites for hydroxylation is 1. The topological polar surface area (TPSA) is 42.4 Å². The second-order valence-electron chi connectivity index (χ2n) is 7.27. The third-order valence-corrected chi connectivity index (χ3v) is 6.70. The average molecular weight is 380 g/mol. The van der Waals surface area contributed by atoms with E-state index in [1.165, 1.54) is 0 Å².